The van der Waals surface area contributed by atoms with Gasteiger partial charge in [-0.1, -0.05) is 17.7 Å². The van der Waals surface area contributed by atoms with E-state index in [0.717, 1.165) is 16.6 Å². The van der Waals surface area contributed by atoms with Crippen LogP contribution in [0, 0.1) is 10.1 Å². The zero-order chi connectivity index (χ0) is 22.5. The van der Waals surface area contributed by atoms with Gasteiger partial charge in [-0.3, -0.25) is 19.2 Å². The number of nitrogens with zero attached hydrogens (tertiary/aromatic N) is 2. The summed E-state index contributed by atoms with van der Waals surface area (Å²) in [7, 11) is -3.93. The number of halogens is 1. The van der Waals surface area contributed by atoms with Gasteiger partial charge in [0.05, 0.1) is 34.1 Å². The van der Waals surface area contributed by atoms with Crippen LogP contribution in [0.5, 0.6) is 0 Å². The minimum atomic E-state index is -3.93. The molecule has 2 aromatic rings. The van der Waals surface area contributed by atoms with Gasteiger partial charge in [0.25, 0.3) is 5.69 Å². The molecule has 0 bridgehead atoms. The number of hydrogen-bond donors (Lipinski definition) is 1. The van der Waals surface area contributed by atoms with Gasteiger partial charge >= 0.3 is 5.97 Å². The maximum Gasteiger partial charge on any atom is 0.339 e. The van der Waals surface area contributed by atoms with Crippen molar-refractivity contribution in [1.29, 1.82) is 0 Å². The van der Waals surface area contributed by atoms with E-state index in [4.69, 9.17) is 16.3 Å². The summed E-state index contributed by atoms with van der Waals surface area (Å²) in [5, 5.41) is 13.6. The second-order valence-corrected chi connectivity index (χ2v) is 8.32. The Bertz CT molecular complexity index is 1090. The Hall–Kier alpha value is -3.18. The Morgan fingerprint density at radius 2 is 1.93 bits per heavy atom. The van der Waals surface area contributed by atoms with Gasteiger partial charge in [-0.2, -0.15) is 0 Å². The molecule has 0 unspecified atom stereocenters. The van der Waals surface area contributed by atoms with Gasteiger partial charge < -0.3 is 10.1 Å². The van der Waals surface area contributed by atoms with E-state index in [1.807, 2.05) is 0 Å². The van der Waals surface area contributed by atoms with Crippen LogP contribution in [0.2, 0.25) is 5.02 Å². The van der Waals surface area contributed by atoms with E-state index in [0.29, 0.717) is 0 Å². The predicted octanol–water partition coefficient (Wildman–Crippen LogP) is 2.83. The van der Waals surface area contributed by atoms with Gasteiger partial charge in [0.15, 0.2) is 0 Å². The Kier molecular flexibility index (Phi) is 7.35. The Morgan fingerprint density at radius 1 is 1.23 bits per heavy atom. The summed E-state index contributed by atoms with van der Waals surface area (Å²) in [6.45, 7) is 1.13. The summed E-state index contributed by atoms with van der Waals surface area (Å²) >= 11 is 5.97. The zero-order valence-electron chi connectivity index (χ0n) is 16.0. The fourth-order valence-corrected chi connectivity index (χ4v) is 3.50. The molecular weight excluding hydrogens is 438 g/mol. The van der Waals surface area contributed by atoms with Gasteiger partial charge in [-0.15, -0.1) is 0 Å². The van der Waals surface area contributed by atoms with Crippen LogP contribution in [0.3, 0.4) is 0 Å². The number of carbonyl (C=O) groups is 2. The van der Waals surface area contributed by atoms with Gasteiger partial charge in [-0.05, 0) is 31.2 Å². The number of nitro benzene ring substituents is 1. The lowest BCUT2D eigenvalue weighted by molar-refractivity contribution is -0.384. The second-order valence-electron chi connectivity index (χ2n) is 6.01. The van der Waals surface area contributed by atoms with Crippen molar-refractivity contribution >= 4 is 50.6 Å². The number of hydrogen-bond acceptors (Lipinski definition) is 7. The molecule has 0 spiro atoms. The van der Waals surface area contributed by atoms with E-state index in [1.54, 1.807) is 6.92 Å². The summed E-state index contributed by atoms with van der Waals surface area (Å²) < 4.78 is 29.9. The first kappa shape index (κ1) is 23.1. The molecular formula is C18H18ClN3O7S. The molecule has 0 fully saturated rings. The molecule has 0 aliphatic rings. The van der Waals surface area contributed by atoms with E-state index < -0.39 is 33.4 Å². The highest BCUT2D eigenvalue weighted by molar-refractivity contribution is 7.92. The normalized spacial score (nSPS) is 10.9. The molecule has 30 heavy (non-hydrogen) atoms. The molecule has 0 saturated carbocycles. The van der Waals surface area contributed by atoms with Crippen molar-refractivity contribution in [3.8, 4) is 0 Å². The van der Waals surface area contributed by atoms with Crippen LogP contribution in [-0.4, -0.2) is 44.6 Å². The van der Waals surface area contributed by atoms with E-state index in [-0.39, 0.29) is 34.3 Å². The number of amides is 1. The third-order valence-corrected chi connectivity index (χ3v) is 5.23. The maximum atomic E-state index is 12.5. The molecule has 12 heteroatoms. The molecule has 0 aliphatic heterocycles. The molecule has 0 aliphatic carbocycles. The van der Waals surface area contributed by atoms with Crippen LogP contribution in [0.4, 0.5) is 17.1 Å². The Labute approximate surface area is 177 Å². The highest BCUT2D eigenvalue weighted by Crippen LogP contribution is 2.24. The second kappa shape index (κ2) is 9.55. The first-order valence-electron chi connectivity index (χ1n) is 8.51. The molecule has 0 radical (unpaired) electrons. The first-order valence-corrected chi connectivity index (χ1v) is 10.7. The number of esters is 1. The van der Waals surface area contributed by atoms with Gasteiger partial charge in [0, 0.05) is 17.8 Å². The summed E-state index contributed by atoms with van der Waals surface area (Å²) in [6, 6.07) is 9.02. The van der Waals surface area contributed by atoms with Crippen LogP contribution < -0.4 is 9.62 Å². The van der Waals surface area contributed by atoms with Crippen LogP contribution >= 0.6 is 11.6 Å². The average molecular weight is 456 g/mol. The number of rotatable bonds is 8. The molecule has 0 atom stereocenters. The summed E-state index contributed by atoms with van der Waals surface area (Å²) in [5.74, 6) is -1.41. The lowest BCUT2D eigenvalue weighted by atomic mass is 10.2. The fraction of sp³-hybridized carbons (Fsp3) is 0.222. The molecule has 0 aromatic heterocycles. The highest BCUT2D eigenvalue weighted by atomic mass is 35.5. The van der Waals surface area contributed by atoms with E-state index in [1.165, 1.54) is 36.4 Å². The lowest BCUT2D eigenvalue weighted by Crippen LogP contribution is -2.37. The molecule has 2 aromatic carbocycles. The van der Waals surface area contributed by atoms with Gasteiger partial charge in [-0.25, -0.2) is 13.2 Å². The van der Waals surface area contributed by atoms with E-state index in [2.05, 4.69) is 5.32 Å². The third-order valence-electron chi connectivity index (χ3n) is 3.76. The molecule has 1 amide bonds. The Balaban J connectivity index is 2.26. The van der Waals surface area contributed by atoms with Crippen molar-refractivity contribution in [2.24, 2.45) is 0 Å². The topological polar surface area (TPSA) is 136 Å². The molecule has 2 rings (SSSR count). The monoisotopic (exact) mass is 455 g/mol. The molecule has 160 valence electrons. The molecule has 10 nitrogen and oxygen atoms in total. The highest BCUT2D eigenvalue weighted by Gasteiger charge is 2.23. The van der Waals surface area contributed by atoms with Crippen molar-refractivity contribution in [3.63, 3.8) is 0 Å². The van der Waals surface area contributed by atoms with Crippen LogP contribution in [0.1, 0.15) is 17.3 Å². The Morgan fingerprint density at radius 3 is 2.53 bits per heavy atom. The minimum Gasteiger partial charge on any atom is -0.462 e. The number of non-ortho nitro benzene ring substituents is 1. The SMILES string of the molecule is CCOC(=O)c1cc(NC(=O)CN(c2cccc([N+](=O)[O-])c2)S(C)(=O)=O)ccc1Cl. The standard InChI is InChI=1S/C18H18ClN3O7S/c1-3-29-18(24)15-9-12(7-8-16(15)19)20-17(23)11-21(30(2,27)28)13-5-4-6-14(10-13)22(25)26/h4-10H,3,11H2,1-2H3,(H,20,23). The number of nitro groups is 1. The molecule has 0 heterocycles. The van der Waals surface area contributed by atoms with Crippen LogP contribution in [-0.2, 0) is 19.6 Å². The largest absolute Gasteiger partial charge is 0.462 e. The fourth-order valence-electron chi connectivity index (χ4n) is 2.46. The van der Waals surface area contributed by atoms with E-state index in [9.17, 15) is 28.1 Å². The third kappa shape index (κ3) is 5.91. The summed E-state index contributed by atoms with van der Waals surface area (Å²) in [6.07, 6.45) is 0.875. The zero-order valence-corrected chi connectivity index (χ0v) is 17.6. The van der Waals surface area contributed by atoms with Crippen molar-refractivity contribution in [3.05, 3.63) is 63.2 Å². The number of sulfonamides is 1. The quantitative estimate of drug-likeness (QED) is 0.367. The average Bonchev–Trinajstić information content (AvgIpc) is 2.67. The number of carbonyl (C=O) groups excluding carboxylic acids is 2. The van der Waals surface area contributed by atoms with E-state index >= 15 is 0 Å². The number of ether oxygens (including phenoxy) is 1. The summed E-state index contributed by atoms with van der Waals surface area (Å²) in [5.41, 5.74) is -0.126. The van der Waals surface area contributed by atoms with Crippen molar-refractivity contribution < 1.29 is 27.7 Å². The predicted molar refractivity (Wildman–Crippen MR) is 111 cm³/mol. The minimum absolute atomic E-state index is 0.0369. The maximum absolute atomic E-state index is 12.5. The van der Waals surface area contributed by atoms with Crippen molar-refractivity contribution in [1.82, 2.24) is 0 Å². The van der Waals surface area contributed by atoms with Crippen molar-refractivity contribution in [2.45, 2.75) is 6.92 Å². The molecule has 1 N–H and O–H groups in total. The van der Waals surface area contributed by atoms with Crippen molar-refractivity contribution in [2.75, 3.05) is 29.0 Å². The smallest absolute Gasteiger partial charge is 0.339 e. The lowest BCUT2D eigenvalue weighted by Gasteiger charge is -2.21. The van der Waals surface area contributed by atoms with Gasteiger partial charge in [0.2, 0.25) is 15.9 Å². The number of benzene rings is 2. The van der Waals surface area contributed by atoms with Crippen LogP contribution in [0.25, 0.3) is 0 Å². The number of anilines is 2. The first-order chi connectivity index (χ1) is 14.0. The van der Waals surface area contributed by atoms with Crippen LogP contribution in [0.15, 0.2) is 42.5 Å². The summed E-state index contributed by atoms with van der Waals surface area (Å²) in [4.78, 5) is 34.7. The number of nitrogens with one attached hydrogen (secondary N) is 1. The van der Waals surface area contributed by atoms with Gasteiger partial charge in [0.1, 0.15) is 6.54 Å². The molecule has 0 saturated heterocycles.